The van der Waals surface area contributed by atoms with Gasteiger partial charge in [0.1, 0.15) is 47.4 Å². The largest absolute Gasteiger partial charge is 0.378 e. The van der Waals surface area contributed by atoms with Crippen molar-refractivity contribution in [3.05, 3.63) is 93.0 Å². The molecule has 3 atom stereocenters. The smallest absolute Gasteiger partial charge is 0.293 e. The van der Waals surface area contributed by atoms with E-state index in [-0.39, 0.29) is 41.9 Å². The number of anilines is 1. The number of aryl methyl sites for hydroxylation is 1. The van der Waals surface area contributed by atoms with E-state index in [0.29, 0.717) is 43.6 Å². The van der Waals surface area contributed by atoms with Gasteiger partial charge in [-0.25, -0.2) is 22.5 Å². The summed E-state index contributed by atoms with van der Waals surface area (Å²) in [4.78, 5) is 18.6. The second-order valence-electron chi connectivity index (χ2n) is 14.0. The van der Waals surface area contributed by atoms with Gasteiger partial charge in [-0.2, -0.15) is 24.2 Å². The van der Waals surface area contributed by atoms with E-state index in [1.165, 1.54) is 18.5 Å². The molecule has 3 aromatic heterocycles. The number of alkyl halides is 4. The molecule has 1 unspecified atom stereocenters. The molecule has 2 aliphatic rings. The molecule has 10 nitrogen and oxygen atoms in total. The number of fused-ring (bicyclic) bond motifs is 4. The standard InChI is InChI=1S/C38H31ClF6N8O2/c1-37(2,55)9-8-21-4-5-22(23-6-7-26(39)30-33(23)52(3)51-36(30)47-11-10-46)31(48-21)27(14-18-12-19(40)15-20(41)13-18)49-28(54)17-53-34-29(32(50-53)35(42)43)24-16-25(24)38(34,44)45/h4-7,12-13,15,24-25,27,35,55H,11,14,16-17H2,1-3H3,(H,47,51)(H,49,54)/t24-,25+,27?/m0/s1. The Morgan fingerprint density at radius 3 is 2.49 bits per heavy atom. The number of nitrogens with one attached hydrogen (secondary N) is 2. The summed E-state index contributed by atoms with van der Waals surface area (Å²) in [6.45, 7) is 1.95. The number of amides is 1. The summed E-state index contributed by atoms with van der Waals surface area (Å²) >= 11 is 6.63. The van der Waals surface area contributed by atoms with Crippen LogP contribution in [0.1, 0.15) is 72.6 Å². The third-order valence-electron chi connectivity index (χ3n) is 9.47. The first-order chi connectivity index (χ1) is 26.0. The first-order valence-corrected chi connectivity index (χ1v) is 17.4. The molecule has 3 N–H and O–H groups in total. The van der Waals surface area contributed by atoms with Crippen LogP contribution < -0.4 is 10.6 Å². The van der Waals surface area contributed by atoms with Crippen molar-refractivity contribution in [2.45, 2.75) is 63.1 Å². The molecule has 0 bridgehead atoms. The van der Waals surface area contributed by atoms with Gasteiger partial charge in [-0.1, -0.05) is 23.6 Å². The average Bonchev–Trinajstić information content (AvgIpc) is 3.63. The minimum atomic E-state index is -3.48. The molecule has 1 saturated carbocycles. The highest BCUT2D eigenvalue weighted by molar-refractivity contribution is 6.37. The SMILES string of the molecule is Cn1nc(NCC#N)c2c(Cl)ccc(-c3ccc(C#CC(C)(C)O)nc3C(Cc3cc(F)cc(F)c3)NC(=O)Cn3nc(C(F)F)c4c3C(F)(F)[C@@H]3C[C@H]43)c21. The number of benzene rings is 2. The molecule has 3 heterocycles. The van der Waals surface area contributed by atoms with Crippen LogP contribution in [0.15, 0.2) is 42.5 Å². The van der Waals surface area contributed by atoms with Crippen LogP contribution in [0.5, 0.6) is 0 Å². The van der Waals surface area contributed by atoms with Crippen molar-refractivity contribution in [2.75, 3.05) is 11.9 Å². The van der Waals surface area contributed by atoms with Gasteiger partial charge in [0.15, 0.2) is 5.82 Å². The van der Waals surface area contributed by atoms with Crippen molar-refractivity contribution in [1.82, 2.24) is 29.9 Å². The highest BCUT2D eigenvalue weighted by atomic mass is 35.5. The average molecular weight is 781 g/mol. The fraction of sp³-hybridized carbons (Fsp3) is 0.342. The molecule has 284 valence electrons. The maximum atomic E-state index is 15.4. The normalized spacial score (nSPS) is 17.3. The topological polar surface area (TPSA) is 134 Å². The van der Waals surface area contributed by atoms with Gasteiger partial charge in [0.25, 0.3) is 12.3 Å². The van der Waals surface area contributed by atoms with E-state index < -0.39 is 71.3 Å². The molecule has 0 saturated heterocycles. The van der Waals surface area contributed by atoms with Gasteiger partial charge < -0.3 is 15.7 Å². The van der Waals surface area contributed by atoms with E-state index in [4.69, 9.17) is 16.6 Å². The number of carbonyl (C=O) groups excluding carboxylic acids is 1. The molecule has 17 heteroatoms. The van der Waals surface area contributed by atoms with E-state index in [2.05, 4.69) is 32.7 Å². The van der Waals surface area contributed by atoms with Crippen LogP contribution in [0.4, 0.5) is 32.2 Å². The lowest BCUT2D eigenvalue weighted by molar-refractivity contribution is -0.123. The Bertz CT molecular complexity index is 2450. The molecule has 0 radical (unpaired) electrons. The Morgan fingerprint density at radius 2 is 1.82 bits per heavy atom. The highest BCUT2D eigenvalue weighted by Gasteiger charge is 2.67. The van der Waals surface area contributed by atoms with Gasteiger partial charge in [-0.05, 0) is 74.4 Å². The molecule has 1 amide bonds. The van der Waals surface area contributed by atoms with Crippen LogP contribution in [0.3, 0.4) is 0 Å². The molecule has 0 spiro atoms. The minimum absolute atomic E-state index is 0.0372. The van der Waals surface area contributed by atoms with Crippen molar-refractivity contribution < 1.29 is 36.2 Å². The van der Waals surface area contributed by atoms with Crippen LogP contribution in [-0.2, 0) is 30.7 Å². The Labute approximate surface area is 315 Å². The number of pyridine rings is 1. The second-order valence-corrected chi connectivity index (χ2v) is 14.4. The molecule has 1 fully saturated rings. The maximum absolute atomic E-state index is 15.4. The van der Waals surface area contributed by atoms with E-state index in [1.807, 2.05) is 6.07 Å². The first kappa shape index (κ1) is 37.7. The summed E-state index contributed by atoms with van der Waals surface area (Å²) in [5, 5.41) is 34.1. The monoisotopic (exact) mass is 780 g/mol. The van der Waals surface area contributed by atoms with Gasteiger partial charge in [0, 0.05) is 35.7 Å². The number of hydrogen-bond acceptors (Lipinski definition) is 7. The molecule has 2 aliphatic carbocycles. The van der Waals surface area contributed by atoms with E-state index >= 15 is 8.78 Å². The third-order valence-corrected chi connectivity index (χ3v) is 9.79. The zero-order chi connectivity index (χ0) is 39.6. The zero-order valence-electron chi connectivity index (χ0n) is 29.4. The van der Waals surface area contributed by atoms with Crippen LogP contribution in [0.2, 0.25) is 5.02 Å². The number of carbonyl (C=O) groups is 1. The molecule has 55 heavy (non-hydrogen) atoms. The van der Waals surface area contributed by atoms with E-state index in [9.17, 15) is 32.7 Å². The van der Waals surface area contributed by atoms with Crippen LogP contribution >= 0.6 is 11.6 Å². The Morgan fingerprint density at radius 1 is 1.11 bits per heavy atom. The summed E-state index contributed by atoms with van der Waals surface area (Å²) in [6, 6.07) is 9.93. The Hall–Kier alpha value is -5.58. The number of hydrogen-bond donors (Lipinski definition) is 3. The van der Waals surface area contributed by atoms with Crippen LogP contribution in [0.25, 0.3) is 22.0 Å². The summed E-state index contributed by atoms with van der Waals surface area (Å²) in [5.74, 6) is -2.40. The minimum Gasteiger partial charge on any atom is -0.378 e. The number of rotatable bonds is 10. The lowest BCUT2D eigenvalue weighted by atomic mass is 9.93. The summed E-state index contributed by atoms with van der Waals surface area (Å²) in [6.07, 6.45) is -3.41. The van der Waals surface area contributed by atoms with Crippen molar-refractivity contribution >= 4 is 34.2 Å². The van der Waals surface area contributed by atoms with Gasteiger partial charge in [0.2, 0.25) is 5.91 Å². The van der Waals surface area contributed by atoms with Gasteiger partial charge in [-0.15, -0.1) is 0 Å². The first-order valence-electron chi connectivity index (χ1n) is 17.0. The fourth-order valence-corrected chi connectivity index (χ4v) is 7.47. The lowest BCUT2D eigenvalue weighted by Gasteiger charge is -2.23. The molecule has 5 aromatic rings. The fourth-order valence-electron chi connectivity index (χ4n) is 7.23. The maximum Gasteiger partial charge on any atom is 0.293 e. The van der Waals surface area contributed by atoms with Crippen LogP contribution in [0, 0.1) is 40.7 Å². The summed E-state index contributed by atoms with van der Waals surface area (Å²) < 4.78 is 89.9. The van der Waals surface area contributed by atoms with E-state index in [0.717, 1.165) is 12.1 Å². The predicted molar refractivity (Wildman–Crippen MR) is 189 cm³/mol. The summed E-state index contributed by atoms with van der Waals surface area (Å²) in [7, 11) is 1.64. The highest BCUT2D eigenvalue weighted by Crippen LogP contribution is 2.68. The second kappa shape index (κ2) is 13.9. The number of halogens is 7. The molecular formula is C38H31ClF6N8O2. The van der Waals surface area contributed by atoms with Gasteiger partial charge in [-0.3, -0.25) is 14.2 Å². The number of nitriles is 1. The quantitative estimate of drug-likeness (QED) is 0.0785. The Kier molecular flexibility index (Phi) is 9.55. The van der Waals surface area contributed by atoms with Gasteiger partial charge >= 0.3 is 0 Å². The molecule has 2 aromatic carbocycles. The number of aliphatic hydroxyl groups is 1. The van der Waals surface area contributed by atoms with Crippen LogP contribution in [-0.4, -0.2) is 47.7 Å². The Balaban J connectivity index is 1.38. The summed E-state index contributed by atoms with van der Waals surface area (Å²) in [5.41, 5.74) is -1.58. The zero-order valence-corrected chi connectivity index (χ0v) is 30.1. The predicted octanol–water partition coefficient (Wildman–Crippen LogP) is 7.07. The lowest BCUT2D eigenvalue weighted by Crippen LogP contribution is -2.35. The van der Waals surface area contributed by atoms with Gasteiger partial charge in [0.05, 0.1) is 33.7 Å². The van der Waals surface area contributed by atoms with Crippen molar-refractivity contribution in [2.24, 2.45) is 13.0 Å². The molecular weight excluding hydrogens is 750 g/mol. The molecule has 0 aliphatic heterocycles. The van der Waals surface area contributed by atoms with Crippen molar-refractivity contribution in [3.8, 4) is 29.0 Å². The third kappa shape index (κ3) is 7.20. The number of aromatic nitrogens is 5. The number of nitrogens with zero attached hydrogens (tertiary/aromatic N) is 6. The van der Waals surface area contributed by atoms with E-state index in [1.54, 1.807) is 31.3 Å². The van der Waals surface area contributed by atoms with Crippen molar-refractivity contribution in [3.63, 3.8) is 0 Å². The molecule has 7 rings (SSSR count). The van der Waals surface area contributed by atoms with Crippen molar-refractivity contribution in [1.29, 1.82) is 5.26 Å².